The number of hydrogen-bond acceptors (Lipinski definition) is 3. The maximum Gasteiger partial charge on any atom is 0.0658 e. The van der Waals surface area contributed by atoms with Crippen molar-refractivity contribution in [1.29, 1.82) is 0 Å². The van der Waals surface area contributed by atoms with Gasteiger partial charge in [-0.1, -0.05) is 6.92 Å². The number of H-pyrrole nitrogens is 2. The lowest BCUT2D eigenvalue weighted by molar-refractivity contribution is 1.13. The highest BCUT2D eigenvalue weighted by atomic mass is 32.1. The summed E-state index contributed by atoms with van der Waals surface area (Å²) in [5.74, 6) is 0. The fraction of sp³-hybridized carbons (Fsp3) is 0.111. The van der Waals surface area contributed by atoms with E-state index in [2.05, 4.69) is 89.9 Å². The van der Waals surface area contributed by atoms with Gasteiger partial charge in [0.1, 0.15) is 0 Å². The summed E-state index contributed by atoms with van der Waals surface area (Å²) in [5.41, 5.74) is 11.9. The van der Waals surface area contributed by atoms with Gasteiger partial charge in [-0.15, -0.1) is 11.3 Å². The third kappa shape index (κ3) is 3.41. The average molecular weight is 435 g/mol. The van der Waals surface area contributed by atoms with Crippen LogP contribution >= 0.6 is 11.3 Å². The molecule has 6 rings (SSSR count). The molecule has 0 saturated carbocycles. The molecule has 0 aromatic carbocycles. The summed E-state index contributed by atoms with van der Waals surface area (Å²) >= 11 is 1.81. The second-order valence-corrected chi connectivity index (χ2v) is 9.04. The van der Waals surface area contributed by atoms with E-state index in [-0.39, 0.29) is 0 Å². The maximum absolute atomic E-state index is 4.82. The van der Waals surface area contributed by atoms with Crippen molar-refractivity contribution in [2.75, 3.05) is 0 Å². The molecule has 4 aromatic heterocycles. The standard InChI is InChI=1S/C27H22N4S/c1-3-17-15-32-27(16(17)2)25-13-24-12-22-7-6-20(29-22)10-18-4-5-19(28-18)11-21-8-9-23(30-21)14-26(25)31-24/h4-15,28,31H,3H2,1-2H3. The van der Waals surface area contributed by atoms with Gasteiger partial charge in [0.25, 0.3) is 0 Å². The van der Waals surface area contributed by atoms with E-state index < -0.39 is 0 Å². The minimum atomic E-state index is 0.936. The number of hydrogen-bond donors (Lipinski definition) is 2. The zero-order chi connectivity index (χ0) is 21.7. The van der Waals surface area contributed by atoms with E-state index in [0.717, 1.165) is 51.3 Å². The summed E-state index contributed by atoms with van der Waals surface area (Å²) in [5, 5.41) is 2.28. The highest BCUT2D eigenvalue weighted by molar-refractivity contribution is 7.14. The maximum atomic E-state index is 4.82. The molecule has 8 bridgehead atoms. The molecule has 4 nitrogen and oxygen atoms in total. The van der Waals surface area contributed by atoms with Gasteiger partial charge in [-0.25, -0.2) is 9.97 Å². The number of aromatic nitrogens is 4. The van der Waals surface area contributed by atoms with E-state index in [0.29, 0.717) is 0 Å². The normalized spacial score (nSPS) is 12.6. The molecule has 5 heteroatoms. The minimum Gasteiger partial charge on any atom is -0.355 e. The molecule has 156 valence electrons. The predicted octanol–water partition coefficient (Wildman–Crippen LogP) is 7.25. The average Bonchev–Trinajstić information content (AvgIpc) is 3.58. The number of aromatic amines is 2. The quantitative estimate of drug-likeness (QED) is 0.301. The fourth-order valence-electron chi connectivity index (χ4n) is 4.27. The molecular formula is C27H22N4S. The molecule has 2 aliphatic heterocycles. The number of thiophene rings is 1. The molecule has 4 aromatic rings. The van der Waals surface area contributed by atoms with Crippen LogP contribution in [0.3, 0.4) is 0 Å². The molecule has 6 heterocycles. The van der Waals surface area contributed by atoms with E-state index in [4.69, 9.17) is 9.97 Å². The Bertz CT molecular complexity index is 1580. The molecule has 0 amide bonds. The third-order valence-corrected chi connectivity index (χ3v) is 7.10. The van der Waals surface area contributed by atoms with Crippen molar-refractivity contribution < 1.29 is 0 Å². The van der Waals surface area contributed by atoms with Crippen molar-refractivity contribution in [3.8, 4) is 10.4 Å². The largest absolute Gasteiger partial charge is 0.355 e. The van der Waals surface area contributed by atoms with E-state index in [1.54, 1.807) is 0 Å². The molecule has 0 aliphatic carbocycles. The van der Waals surface area contributed by atoms with E-state index >= 15 is 0 Å². The number of fused-ring (bicyclic) bond motifs is 8. The molecule has 0 unspecified atom stereocenters. The zero-order valence-electron chi connectivity index (χ0n) is 17.9. The second kappa shape index (κ2) is 7.46. The van der Waals surface area contributed by atoms with Crippen LogP contribution in [0.15, 0.2) is 47.8 Å². The summed E-state index contributed by atoms with van der Waals surface area (Å²) in [4.78, 5) is 17.9. The predicted molar refractivity (Wildman–Crippen MR) is 136 cm³/mol. The Hall–Kier alpha value is -3.70. The highest BCUT2D eigenvalue weighted by Gasteiger charge is 2.13. The van der Waals surface area contributed by atoms with Gasteiger partial charge < -0.3 is 9.97 Å². The van der Waals surface area contributed by atoms with Crippen LogP contribution in [0.1, 0.15) is 40.8 Å². The Balaban J connectivity index is 1.67. The molecular weight excluding hydrogens is 412 g/mol. The first-order valence-electron chi connectivity index (χ1n) is 10.8. The third-order valence-electron chi connectivity index (χ3n) is 5.94. The van der Waals surface area contributed by atoms with Gasteiger partial charge in [0, 0.05) is 32.5 Å². The molecule has 0 saturated heterocycles. The molecule has 2 aliphatic rings. The van der Waals surface area contributed by atoms with Crippen molar-refractivity contribution in [2.24, 2.45) is 0 Å². The second-order valence-electron chi connectivity index (χ2n) is 8.16. The first kappa shape index (κ1) is 19.0. The number of nitrogens with zero attached hydrogens (tertiary/aromatic N) is 2. The van der Waals surface area contributed by atoms with E-state index in [1.807, 2.05) is 17.4 Å². The van der Waals surface area contributed by atoms with Crippen LogP contribution in [0.2, 0.25) is 0 Å². The van der Waals surface area contributed by atoms with Crippen LogP contribution in [-0.4, -0.2) is 19.9 Å². The monoisotopic (exact) mass is 434 g/mol. The zero-order valence-corrected chi connectivity index (χ0v) is 18.8. The van der Waals surface area contributed by atoms with E-state index in [9.17, 15) is 0 Å². The molecule has 0 fully saturated rings. The lowest BCUT2D eigenvalue weighted by Crippen LogP contribution is -1.81. The topological polar surface area (TPSA) is 57.4 Å². The van der Waals surface area contributed by atoms with Gasteiger partial charge in [0.05, 0.1) is 22.8 Å². The Labute approximate surface area is 190 Å². The summed E-state index contributed by atoms with van der Waals surface area (Å²) in [6, 6.07) is 14.7. The lowest BCUT2D eigenvalue weighted by atomic mass is 10.1. The van der Waals surface area contributed by atoms with Gasteiger partial charge in [-0.05, 0) is 96.6 Å². The summed E-state index contributed by atoms with van der Waals surface area (Å²) < 4.78 is 0. The van der Waals surface area contributed by atoms with Crippen LogP contribution < -0.4 is 0 Å². The number of nitrogens with one attached hydrogen (secondary N) is 2. The summed E-state index contributed by atoms with van der Waals surface area (Å²) in [6.07, 6.45) is 9.27. The molecule has 2 N–H and O–H groups in total. The van der Waals surface area contributed by atoms with Crippen LogP contribution in [-0.2, 0) is 6.42 Å². The first-order valence-corrected chi connectivity index (χ1v) is 11.7. The minimum absolute atomic E-state index is 0.936. The molecule has 0 atom stereocenters. The molecule has 32 heavy (non-hydrogen) atoms. The van der Waals surface area contributed by atoms with Gasteiger partial charge in [0.2, 0.25) is 0 Å². The molecule has 0 radical (unpaired) electrons. The fourth-order valence-corrected chi connectivity index (χ4v) is 5.48. The van der Waals surface area contributed by atoms with Crippen LogP contribution in [0.25, 0.3) is 56.8 Å². The van der Waals surface area contributed by atoms with Crippen LogP contribution in [0, 0.1) is 6.92 Å². The van der Waals surface area contributed by atoms with Gasteiger partial charge in [0.15, 0.2) is 0 Å². The Kier molecular flexibility index (Phi) is 4.44. The Morgan fingerprint density at radius 1 is 0.750 bits per heavy atom. The Morgan fingerprint density at radius 3 is 1.94 bits per heavy atom. The van der Waals surface area contributed by atoms with E-state index in [1.165, 1.54) is 21.6 Å². The SMILES string of the molecule is CCc1csc(-c2cc3cc4nc(cc5ccc(cc6nc(cc2[nH]3)C=C6)[nH]5)C=C4)c1C. The van der Waals surface area contributed by atoms with Crippen molar-refractivity contribution in [3.63, 3.8) is 0 Å². The van der Waals surface area contributed by atoms with Crippen molar-refractivity contribution >= 4 is 57.7 Å². The van der Waals surface area contributed by atoms with Gasteiger partial charge in [-0.2, -0.15) is 0 Å². The van der Waals surface area contributed by atoms with Crippen molar-refractivity contribution in [2.45, 2.75) is 20.3 Å². The van der Waals surface area contributed by atoms with Gasteiger partial charge in [-0.3, -0.25) is 0 Å². The van der Waals surface area contributed by atoms with Crippen LogP contribution in [0.4, 0.5) is 0 Å². The molecule has 0 spiro atoms. The number of aryl methyl sites for hydroxylation is 1. The van der Waals surface area contributed by atoms with Crippen molar-refractivity contribution in [1.82, 2.24) is 19.9 Å². The Morgan fingerprint density at radius 2 is 1.34 bits per heavy atom. The smallest absolute Gasteiger partial charge is 0.0658 e. The summed E-state index contributed by atoms with van der Waals surface area (Å²) in [7, 11) is 0. The van der Waals surface area contributed by atoms with Gasteiger partial charge >= 0.3 is 0 Å². The lowest BCUT2D eigenvalue weighted by Gasteiger charge is -1.99. The first-order chi connectivity index (χ1) is 15.6. The highest BCUT2D eigenvalue weighted by Crippen LogP contribution is 2.36. The summed E-state index contributed by atoms with van der Waals surface area (Å²) in [6.45, 7) is 4.43. The van der Waals surface area contributed by atoms with Crippen molar-refractivity contribution in [3.05, 3.63) is 81.7 Å². The van der Waals surface area contributed by atoms with Crippen LogP contribution in [0.5, 0.6) is 0 Å². The number of rotatable bonds is 2.